The van der Waals surface area contributed by atoms with Crippen LogP contribution in [0.1, 0.15) is 6.42 Å². The summed E-state index contributed by atoms with van der Waals surface area (Å²) in [6.45, 7) is 3.12. The van der Waals surface area contributed by atoms with Crippen molar-refractivity contribution in [2.45, 2.75) is 18.6 Å². The average molecular weight is 453 g/mol. The number of rotatable bonds is 3. The van der Waals surface area contributed by atoms with Gasteiger partial charge in [-0.3, -0.25) is 4.79 Å². The Morgan fingerprint density at radius 2 is 2.15 bits per heavy atom. The van der Waals surface area contributed by atoms with E-state index in [-0.39, 0.29) is 17.8 Å². The molecule has 2 atom stereocenters. The van der Waals surface area contributed by atoms with E-state index < -0.39 is 6.10 Å². The van der Waals surface area contributed by atoms with E-state index in [1.165, 1.54) is 12.1 Å². The van der Waals surface area contributed by atoms with E-state index in [9.17, 15) is 9.18 Å². The molecule has 3 aromatic rings. The SMILES string of the molecule is O=C1[C@H](OCC2COC2)C[C@H]2COc3ccn4ncc(c4n3)-c3cc(F)cc(c3)NCCN12. The van der Waals surface area contributed by atoms with Gasteiger partial charge in [0.05, 0.1) is 32.1 Å². The summed E-state index contributed by atoms with van der Waals surface area (Å²) in [6, 6.07) is 6.35. The summed E-state index contributed by atoms with van der Waals surface area (Å²) in [6.07, 6.45) is 3.49. The summed E-state index contributed by atoms with van der Waals surface area (Å²) in [7, 11) is 0. The van der Waals surface area contributed by atoms with Gasteiger partial charge in [-0.1, -0.05) is 0 Å². The van der Waals surface area contributed by atoms with E-state index in [1.54, 1.807) is 27.9 Å². The minimum atomic E-state index is -0.493. The van der Waals surface area contributed by atoms with Crippen LogP contribution >= 0.6 is 0 Å². The molecule has 2 saturated heterocycles. The number of carbonyl (C=O) groups excluding carboxylic acids is 1. The molecule has 1 aromatic carbocycles. The number of aromatic nitrogens is 3. The van der Waals surface area contributed by atoms with Crippen LogP contribution in [0.2, 0.25) is 0 Å². The van der Waals surface area contributed by atoms with Gasteiger partial charge in [-0.15, -0.1) is 0 Å². The number of nitrogens with one attached hydrogen (secondary N) is 1. The summed E-state index contributed by atoms with van der Waals surface area (Å²) in [5.74, 6) is 0.379. The summed E-state index contributed by atoms with van der Waals surface area (Å²) < 4.78 is 33.2. The molecule has 172 valence electrons. The lowest BCUT2D eigenvalue weighted by Crippen LogP contribution is -2.41. The quantitative estimate of drug-likeness (QED) is 0.649. The fourth-order valence-electron chi connectivity index (χ4n) is 4.55. The van der Waals surface area contributed by atoms with Gasteiger partial charge >= 0.3 is 0 Å². The van der Waals surface area contributed by atoms with Gasteiger partial charge in [0.2, 0.25) is 5.88 Å². The second-order valence-corrected chi connectivity index (χ2v) is 8.71. The molecule has 33 heavy (non-hydrogen) atoms. The lowest BCUT2D eigenvalue weighted by Gasteiger charge is -2.26. The highest BCUT2D eigenvalue weighted by Crippen LogP contribution is 2.29. The van der Waals surface area contributed by atoms with E-state index in [0.29, 0.717) is 80.2 Å². The van der Waals surface area contributed by atoms with Crippen LogP contribution in [0.15, 0.2) is 36.7 Å². The van der Waals surface area contributed by atoms with Crippen LogP contribution in [0, 0.1) is 11.7 Å². The van der Waals surface area contributed by atoms with Crippen molar-refractivity contribution >= 4 is 17.2 Å². The van der Waals surface area contributed by atoms with Gasteiger partial charge in [0.1, 0.15) is 18.5 Å². The van der Waals surface area contributed by atoms with E-state index in [4.69, 9.17) is 14.2 Å². The smallest absolute Gasteiger partial charge is 0.252 e. The number of hydrogen-bond acceptors (Lipinski definition) is 7. The largest absolute Gasteiger partial charge is 0.475 e. The molecule has 0 saturated carbocycles. The maximum absolute atomic E-state index is 14.4. The number of benzene rings is 1. The van der Waals surface area contributed by atoms with E-state index in [2.05, 4.69) is 15.4 Å². The topological polar surface area (TPSA) is 90.2 Å². The maximum atomic E-state index is 14.4. The van der Waals surface area contributed by atoms with Crippen LogP contribution in [0.4, 0.5) is 10.1 Å². The van der Waals surface area contributed by atoms with Gasteiger partial charge in [0, 0.05) is 48.9 Å². The van der Waals surface area contributed by atoms with Crippen molar-refractivity contribution in [3.63, 3.8) is 0 Å². The number of ether oxygens (including phenoxy) is 3. The molecule has 5 heterocycles. The zero-order valence-electron chi connectivity index (χ0n) is 17.9. The van der Waals surface area contributed by atoms with Gasteiger partial charge in [-0.25, -0.2) is 8.91 Å². The molecule has 0 radical (unpaired) electrons. The lowest BCUT2D eigenvalue weighted by atomic mass is 10.1. The molecule has 0 spiro atoms. The number of nitrogens with zero attached hydrogens (tertiary/aromatic N) is 4. The van der Waals surface area contributed by atoms with E-state index >= 15 is 0 Å². The zero-order chi connectivity index (χ0) is 22.4. The monoisotopic (exact) mass is 453 g/mol. The Hall–Kier alpha value is -3.24. The molecule has 6 rings (SSSR count). The highest BCUT2D eigenvalue weighted by atomic mass is 19.1. The van der Waals surface area contributed by atoms with E-state index in [0.717, 1.165) is 0 Å². The predicted molar refractivity (Wildman–Crippen MR) is 117 cm³/mol. The molecular weight excluding hydrogens is 429 g/mol. The van der Waals surface area contributed by atoms with Gasteiger partial charge in [0.25, 0.3) is 5.91 Å². The first-order valence-electron chi connectivity index (χ1n) is 11.2. The molecule has 1 amide bonds. The number of hydrogen-bond donors (Lipinski definition) is 1. The van der Waals surface area contributed by atoms with Crippen molar-refractivity contribution in [1.82, 2.24) is 19.5 Å². The summed E-state index contributed by atoms with van der Waals surface area (Å²) in [4.78, 5) is 19.5. The second-order valence-electron chi connectivity index (χ2n) is 8.71. The Balaban J connectivity index is 1.30. The molecule has 0 aliphatic carbocycles. The highest BCUT2D eigenvalue weighted by molar-refractivity contribution is 5.84. The Morgan fingerprint density at radius 1 is 1.24 bits per heavy atom. The molecule has 0 unspecified atom stereocenters. The Labute approximate surface area is 189 Å². The summed E-state index contributed by atoms with van der Waals surface area (Å²) >= 11 is 0. The van der Waals surface area contributed by atoms with Crippen molar-refractivity contribution in [1.29, 1.82) is 0 Å². The number of carbonyl (C=O) groups is 1. The second kappa shape index (κ2) is 8.27. The first-order valence-corrected chi connectivity index (χ1v) is 11.2. The Bertz CT molecular complexity index is 1200. The average Bonchev–Trinajstić information content (AvgIpc) is 3.32. The third-order valence-corrected chi connectivity index (χ3v) is 6.38. The molecule has 3 aliphatic rings. The number of amides is 1. The first kappa shape index (κ1) is 20.4. The molecule has 2 aromatic heterocycles. The zero-order valence-corrected chi connectivity index (χ0v) is 17.9. The molecular formula is C23H24FN5O4. The van der Waals surface area contributed by atoms with Crippen LogP contribution in [0.5, 0.6) is 5.88 Å². The molecule has 2 fully saturated rings. The van der Waals surface area contributed by atoms with Gasteiger partial charge < -0.3 is 24.4 Å². The predicted octanol–water partition coefficient (Wildman–Crippen LogP) is 1.97. The third kappa shape index (κ3) is 3.89. The maximum Gasteiger partial charge on any atom is 0.252 e. The number of fused-ring (bicyclic) bond motifs is 5. The van der Waals surface area contributed by atoms with Gasteiger partial charge in [-0.2, -0.15) is 10.1 Å². The summed E-state index contributed by atoms with van der Waals surface area (Å²) in [5, 5.41) is 7.58. The normalized spacial score (nSPS) is 23.1. The van der Waals surface area contributed by atoms with Crippen LogP contribution < -0.4 is 10.1 Å². The molecule has 4 bridgehead atoms. The fraction of sp³-hybridized carbons (Fsp3) is 0.435. The molecule has 1 N–H and O–H groups in total. The van der Waals surface area contributed by atoms with Crippen molar-refractivity contribution in [2.75, 3.05) is 44.8 Å². The Morgan fingerprint density at radius 3 is 3.00 bits per heavy atom. The number of halogens is 1. The van der Waals surface area contributed by atoms with Gasteiger partial charge in [-0.05, 0) is 23.8 Å². The summed E-state index contributed by atoms with van der Waals surface area (Å²) in [5.41, 5.74) is 2.59. The van der Waals surface area contributed by atoms with Crippen molar-refractivity contribution in [3.05, 3.63) is 42.5 Å². The molecule has 9 nitrogen and oxygen atoms in total. The standard InChI is InChI=1S/C23H24FN5O4/c24-16-5-15-6-17(7-16)25-2-4-28-18(8-20(23(28)30)32-12-14-10-31-11-14)13-33-21-1-3-29-22(27-21)19(15)9-26-29/h1,3,5-7,9,14,18,20,25H,2,4,8,10-13H2/t18-,20+/m0/s1. The van der Waals surface area contributed by atoms with Gasteiger partial charge in [0.15, 0.2) is 5.65 Å². The van der Waals surface area contributed by atoms with Crippen LogP contribution in [0.3, 0.4) is 0 Å². The van der Waals surface area contributed by atoms with Crippen molar-refractivity contribution in [2.24, 2.45) is 5.92 Å². The van der Waals surface area contributed by atoms with Crippen LogP contribution in [0.25, 0.3) is 16.8 Å². The van der Waals surface area contributed by atoms with Crippen LogP contribution in [-0.2, 0) is 14.3 Å². The lowest BCUT2D eigenvalue weighted by molar-refractivity contribution is -0.142. The third-order valence-electron chi connectivity index (χ3n) is 6.38. The fourth-order valence-corrected chi connectivity index (χ4v) is 4.55. The minimum absolute atomic E-state index is 0.0424. The van der Waals surface area contributed by atoms with E-state index in [1.807, 2.05) is 6.07 Å². The van der Waals surface area contributed by atoms with Crippen LogP contribution in [-0.4, -0.2) is 77.1 Å². The first-order chi connectivity index (χ1) is 16.1. The van der Waals surface area contributed by atoms with Crippen molar-refractivity contribution in [3.8, 4) is 17.0 Å². The van der Waals surface area contributed by atoms with Crippen molar-refractivity contribution < 1.29 is 23.4 Å². The Kier molecular flexibility index (Phi) is 5.11. The molecule has 10 heteroatoms. The minimum Gasteiger partial charge on any atom is -0.475 e. The highest BCUT2D eigenvalue weighted by Gasteiger charge is 2.41. The number of anilines is 1. The molecule has 3 aliphatic heterocycles.